The highest BCUT2D eigenvalue weighted by atomic mass is 31.1. The molecule has 130 valence electrons. The average molecular weight is 347 g/mol. The number of aliphatic hydroxyl groups is 1. The summed E-state index contributed by atoms with van der Waals surface area (Å²) in [6.07, 6.45) is 5.68. The van der Waals surface area contributed by atoms with E-state index in [4.69, 9.17) is 15.7 Å². The van der Waals surface area contributed by atoms with Gasteiger partial charge in [0.2, 0.25) is 5.91 Å². The number of rotatable bonds is 11. The first-order chi connectivity index (χ1) is 11.0. The molecule has 3 unspecified atom stereocenters. The minimum atomic E-state index is -2.87. The number of unbranched alkanes of at least 4 members (excludes halogenated alkanes) is 3. The second-order valence-electron chi connectivity index (χ2n) is 5.40. The van der Waals surface area contributed by atoms with Gasteiger partial charge < -0.3 is 15.7 Å². The van der Waals surface area contributed by atoms with Crippen LogP contribution in [0.15, 0.2) is 12.3 Å². The Labute approximate surface area is 136 Å². The average Bonchev–Trinajstić information content (AvgIpc) is 2.51. The van der Waals surface area contributed by atoms with E-state index in [2.05, 4.69) is 4.52 Å². The van der Waals surface area contributed by atoms with Crippen molar-refractivity contribution in [3.8, 4) is 0 Å². The summed E-state index contributed by atoms with van der Waals surface area (Å²) < 4.78 is 15.3. The van der Waals surface area contributed by atoms with Crippen LogP contribution in [0.2, 0.25) is 0 Å². The molecule has 0 fully saturated rings. The maximum Gasteiger partial charge on any atom is 0.695 e. The summed E-state index contributed by atoms with van der Waals surface area (Å²) in [4.78, 5) is 34.2. The molecule has 0 saturated heterocycles. The number of nitrogens with two attached hydrogens (primary N) is 1. The first-order valence-electron chi connectivity index (χ1n) is 7.66. The van der Waals surface area contributed by atoms with Gasteiger partial charge in [-0.3, -0.25) is 9.59 Å². The van der Waals surface area contributed by atoms with Crippen molar-refractivity contribution in [2.24, 2.45) is 11.7 Å². The molecular formula is C14H24N2O6P+. The molecule has 23 heavy (non-hydrogen) atoms. The molecule has 8 nitrogen and oxygen atoms in total. The number of hydrogen-bond acceptors (Lipinski definition) is 6. The summed E-state index contributed by atoms with van der Waals surface area (Å²) in [6.45, 7) is 0.0504. The minimum Gasteiger partial charge on any atom is -0.393 e. The van der Waals surface area contributed by atoms with E-state index in [0.717, 1.165) is 25.7 Å². The van der Waals surface area contributed by atoms with Gasteiger partial charge in [0.05, 0.1) is 13.2 Å². The number of nitrogens with zero attached hydrogens (tertiary/aromatic N) is 1. The lowest BCUT2D eigenvalue weighted by Crippen LogP contribution is -2.43. The van der Waals surface area contributed by atoms with E-state index in [0.29, 0.717) is 13.0 Å². The first kappa shape index (κ1) is 19.9. The Kier molecular flexibility index (Phi) is 9.13. The number of carbonyl (C=O) groups is 2. The lowest BCUT2D eigenvalue weighted by Gasteiger charge is -2.27. The Bertz CT molecular complexity index is 457. The molecule has 0 radical (unpaired) electrons. The quantitative estimate of drug-likeness (QED) is 0.281. The van der Waals surface area contributed by atoms with Gasteiger partial charge in [-0.1, -0.05) is 19.3 Å². The predicted molar refractivity (Wildman–Crippen MR) is 83.3 cm³/mol. The Morgan fingerprint density at radius 3 is 2.61 bits per heavy atom. The van der Waals surface area contributed by atoms with Crippen molar-refractivity contribution in [1.82, 2.24) is 4.90 Å². The van der Waals surface area contributed by atoms with Crippen LogP contribution < -0.4 is 5.73 Å². The minimum absolute atomic E-state index is 0.0789. The van der Waals surface area contributed by atoms with Crippen LogP contribution in [0.4, 0.5) is 0 Å². The van der Waals surface area contributed by atoms with Crippen molar-refractivity contribution >= 4 is 19.9 Å². The SMILES string of the molecule is NCCCCCCC1C(=O)C=CN(CC(CO)O[P+](=O)O)C1=O. The maximum absolute atomic E-state index is 12.4. The largest absolute Gasteiger partial charge is 0.695 e. The van der Waals surface area contributed by atoms with Crippen LogP contribution in [0, 0.1) is 5.92 Å². The van der Waals surface area contributed by atoms with E-state index in [1.54, 1.807) is 0 Å². The van der Waals surface area contributed by atoms with Crippen LogP contribution in [0.5, 0.6) is 0 Å². The standard InChI is InChI=1S/C14H23N2O6P/c15-7-4-2-1-3-5-12-13(18)6-8-16(14(12)19)9-11(10-17)22-23(20)21/h6,8,11-12,17H,1-5,7,9-10,15H2/p+1. The highest BCUT2D eigenvalue weighted by Crippen LogP contribution is 2.23. The fourth-order valence-electron chi connectivity index (χ4n) is 2.41. The van der Waals surface area contributed by atoms with Crippen LogP contribution in [0.1, 0.15) is 32.1 Å². The molecular weight excluding hydrogens is 323 g/mol. The second kappa shape index (κ2) is 10.6. The second-order valence-corrected chi connectivity index (χ2v) is 6.09. The lowest BCUT2D eigenvalue weighted by molar-refractivity contribution is -0.140. The van der Waals surface area contributed by atoms with Gasteiger partial charge in [-0.2, -0.15) is 0 Å². The summed E-state index contributed by atoms with van der Waals surface area (Å²) >= 11 is 0. The van der Waals surface area contributed by atoms with Crippen LogP contribution in [0.25, 0.3) is 0 Å². The number of ketones is 1. The molecule has 9 heteroatoms. The van der Waals surface area contributed by atoms with Crippen molar-refractivity contribution in [2.45, 2.75) is 38.2 Å². The smallest absolute Gasteiger partial charge is 0.393 e. The van der Waals surface area contributed by atoms with Crippen LogP contribution >= 0.6 is 8.25 Å². The monoisotopic (exact) mass is 347 g/mol. The summed E-state index contributed by atoms with van der Waals surface area (Å²) in [5.41, 5.74) is 5.41. The number of hydrogen-bond donors (Lipinski definition) is 3. The van der Waals surface area contributed by atoms with Crippen molar-refractivity contribution in [2.75, 3.05) is 19.7 Å². The molecule has 1 aliphatic rings. The van der Waals surface area contributed by atoms with Gasteiger partial charge in [-0.05, 0) is 25.5 Å². The zero-order valence-corrected chi connectivity index (χ0v) is 13.9. The van der Waals surface area contributed by atoms with Gasteiger partial charge in [-0.25, -0.2) is 0 Å². The van der Waals surface area contributed by atoms with Crippen molar-refractivity contribution in [3.05, 3.63) is 12.3 Å². The van der Waals surface area contributed by atoms with Gasteiger partial charge in [0.15, 0.2) is 11.9 Å². The zero-order chi connectivity index (χ0) is 17.2. The Morgan fingerprint density at radius 2 is 2.00 bits per heavy atom. The molecule has 0 saturated carbocycles. The molecule has 0 bridgehead atoms. The number of amides is 1. The normalized spacial score (nSPS) is 20.0. The molecule has 1 heterocycles. The number of allylic oxidation sites excluding steroid dienone is 1. The van der Waals surface area contributed by atoms with Gasteiger partial charge in [-0.15, -0.1) is 9.42 Å². The number of aliphatic hydroxyl groups excluding tert-OH is 1. The molecule has 0 aliphatic carbocycles. The highest BCUT2D eigenvalue weighted by molar-refractivity contribution is 7.32. The zero-order valence-electron chi connectivity index (χ0n) is 13.0. The van der Waals surface area contributed by atoms with E-state index in [-0.39, 0.29) is 18.2 Å². The summed E-state index contributed by atoms with van der Waals surface area (Å²) in [7, 11) is -2.87. The third-order valence-corrected chi connectivity index (χ3v) is 4.11. The molecule has 0 spiro atoms. The third-order valence-electron chi connectivity index (χ3n) is 3.63. The Balaban J connectivity index is 2.56. The van der Waals surface area contributed by atoms with Gasteiger partial charge in [0.1, 0.15) is 5.92 Å². The molecule has 3 atom stereocenters. The molecule has 0 aromatic heterocycles. The molecule has 0 aromatic rings. The van der Waals surface area contributed by atoms with Gasteiger partial charge in [0, 0.05) is 10.8 Å². The van der Waals surface area contributed by atoms with Gasteiger partial charge >= 0.3 is 8.25 Å². The van der Waals surface area contributed by atoms with E-state index >= 15 is 0 Å². The first-order valence-corrected chi connectivity index (χ1v) is 8.79. The van der Waals surface area contributed by atoms with Crippen LogP contribution in [-0.2, 0) is 18.7 Å². The van der Waals surface area contributed by atoms with Crippen LogP contribution in [-0.4, -0.2) is 52.4 Å². The van der Waals surface area contributed by atoms with Gasteiger partial charge in [0.25, 0.3) is 0 Å². The summed E-state index contributed by atoms with van der Waals surface area (Å²) in [5, 5.41) is 9.13. The fraction of sp³-hybridized carbons (Fsp3) is 0.714. The van der Waals surface area contributed by atoms with Crippen LogP contribution in [0.3, 0.4) is 0 Å². The molecule has 1 aliphatic heterocycles. The topological polar surface area (TPSA) is 130 Å². The van der Waals surface area contributed by atoms with Crippen molar-refractivity contribution < 1.29 is 28.7 Å². The fourth-order valence-corrected chi connectivity index (χ4v) is 2.80. The lowest BCUT2D eigenvalue weighted by atomic mass is 9.92. The van der Waals surface area contributed by atoms with E-state index in [1.165, 1.54) is 17.2 Å². The third kappa shape index (κ3) is 6.85. The highest BCUT2D eigenvalue weighted by Gasteiger charge is 2.34. The summed E-state index contributed by atoms with van der Waals surface area (Å²) in [5.74, 6) is -1.34. The Hall–Kier alpha value is -1.18. The predicted octanol–water partition coefficient (Wildman–Crippen LogP) is 0.464. The van der Waals surface area contributed by atoms with Crippen molar-refractivity contribution in [1.29, 1.82) is 0 Å². The van der Waals surface area contributed by atoms with Crippen molar-refractivity contribution in [3.63, 3.8) is 0 Å². The van der Waals surface area contributed by atoms with E-state index < -0.39 is 26.9 Å². The maximum atomic E-state index is 12.4. The van der Waals surface area contributed by atoms with E-state index in [1.807, 2.05) is 0 Å². The van der Waals surface area contributed by atoms with E-state index in [9.17, 15) is 14.2 Å². The molecule has 1 rings (SSSR count). The Morgan fingerprint density at radius 1 is 1.30 bits per heavy atom. The molecule has 4 N–H and O–H groups in total. The molecule has 0 aromatic carbocycles. The molecule has 1 amide bonds. The summed E-state index contributed by atoms with van der Waals surface area (Å²) in [6, 6.07) is 0. The number of carbonyl (C=O) groups excluding carboxylic acids is 2.